The number of rotatable bonds is 2. The number of aromatic nitrogens is 3. The Morgan fingerprint density at radius 1 is 1.38 bits per heavy atom. The van der Waals surface area contributed by atoms with Gasteiger partial charge < -0.3 is 10.5 Å². The molecule has 9 nitrogen and oxygen atoms in total. The Morgan fingerprint density at radius 2 is 2.14 bits per heavy atom. The summed E-state index contributed by atoms with van der Waals surface area (Å²) in [5, 5.41) is 7.22. The summed E-state index contributed by atoms with van der Waals surface area (Å²) in [6, 6.07) is 0. The largest absolute Gasteiger partial charge is 0.465 e. The topological polar surface area (TPSA) is 130 Å². The standard InChI is InChI=1S/C12H13N5O4/c1-2-21-10(20)6-4-3-5-7(8(6)18)14-12-16-15-11(13)17(12)9(5)19/h5-6H,2-4H2,1H3,(H2,13,15)/t5-,6+/m0/s1. The molecule has 1 fully saturated rings. The number of nitrogen functional groups attached to an aromatic ring is 1. The maximum atomic E-state index is 12.4. The van der Waals surface area contributed by atoms with Gasteiger partial charge in [0.25, 0.3) is 5.95 Å². The monoisotopic (exact) mass is 291 g/mol. The van der Waals surface area contributed by atoms with Crippen molar-refractivity contribution in [3.05, 3.63) is 0 Å². The van der Waals surface area contributed by atoms with Crippen molar-refractivity contribution in [3.8, 4) is 0 Å². The van der Waals surface area contributed by atoms with Crippen molar-refractivity contribution < 1.29 is 19.1 Å². The van der Waals surface area contributed by atoms with Crippen molar-refractivity contribution in [2.75, 3.05) is 12.3 Å². The SMILES string of the molecule is CCOC(=O)[C@@H]1CC[C@@H]2C(=O)n3c(N)nnc3N=C2C1=O. The van der Waals surface area contributed by atoms with E-state index in [-0.39, 0.29) is 36.5 Å². The zero-order valence-corrected chi connectivity index (χ0v) is 11.3. The third kappa shape index (κ3) is 1.92. The highest BCUT2D eigenvalue weighted by Crippen LogP contribution is 2.32. The smallest absolute Gasteiger partial charge is 0.316 e. The van der Waals surface area contributed by atoms with Crippen LogP contribution in [0.15, 0.2) is 4.99 Å². The molecule has 0 aromatic carbocycles. The molecule has 1 aromatic heterocycles. The molecule has 3 rings (SSSR count). The molecule has 0 spiro atoms. The van der Waals surface area contributed by atoms with E-state index in [4.69, 9.17) is 10.5 Å². The maximum Gasteiger partial charge on any atom is 0.316 e. The zero-order chi connectivity index (χ0) is 15.1. The molecule has 2 atom stereocenters. The fourth-order valence-corrected chi connectivity index (χ4v) is 2.63. The van der Waals surface area contributed by atoms with Crippen LogP contribution in [-0.2, 0) is 14.3 Å². The van der Waals surface area contributed by atoms with Crippen molar-refractivity contribution in [2.24, 2.45) is 16.8 Å². The second-order valence-corrected chi connectivity index (χ2v) is 4.83. The second kappa shape index (κ2) is 4.76. The molecule has 2 heterocycles. The van der Waals surface area contributed by atoms with E-state index in [1.807, 2.05) is 0 Å². The number of anilines is 1. The van der Waals surface area contributed by atoms with Crippen LogP contribution in [0.3, 0.4) is 0 Å². The maximum absolute atomic E-state index is 12.4. The fraction of sp³-hybridized carbons (Fsp3) is 0.500. The normalized spacial score (nSPS) is 24.1. The van der Waals surface area contributed by atoms with E-state index in [1.54, 1.807) is 6.92 Å². The van der Waals surface area contributed by atoms with E-state index in [0.717, 1.165) is 4.57 Å². The second-order valence-electron chi connectivity index (χ2n) is 4.83. The van der Waals surface area contributed by atoms with Gasteiger partial charge in [0.05, 0.1) is 12.5 Å². The molecule has 1 aliphatic heterocycles. The number of hydrogen-bond donors (Lipinski definition) is 1. The lowest BCUT2D eigenvalue weighted by atomic mass is 9.78. The van der Waals surface area contributed by atoms with Gasteiger partial charge in [-0.15, -0.1) is 10.2 Å². The first-order valence-corrected chi connectivity index (χ1v) is 6.59. The molecular formula is C12H13N5O4. The van der Waals surface area contributed by atoms with Gasteiger partial charge >= 0.3 is 5.97 Å². The predicted octanol–water partition coefficient (Wildman–Crippen LogP) is -0.255. The van der Waals surface area contributed by atoms with E-state index in [1.165, 1.54) is 0 Å². The first kappa shape index (κ1) is 13.4. The first-order valence-electron chi connectivity index (χ1n) is 6.59. The van der Waals surface area contributed by atoms with E-state index in [0.29, 0.717) is 6.42 Å². The number of ether oxygens (including phenoxy) is 1. The lowest BCUT2D eigenvalue weighted by Gasteiger charge is -2.29. The molecule has 21 heavy (non-hydrogen) atoms. The van der Waals surface area contributed by atoms with E-state index >= 15 is 0 Å². The number of fused-ring (bicyclic) bond motifs is 2. The third-order valence-corrected chi connectivity index (χ3v) is 3.62. The van der Waals surface area contributed by atoms with Gasteiger partial charge in [-0.1, -0.05) is 0 Å². The van der Waals surface area contributed by atoms with Crippen LogP contribution < -0.4 is 5.73 Å². The van der Waals surface area contributed by atoms with Gasteiger partial charge in [0.1, 0.15) is 11.6 Å². The summed E-state index contributed by atoms with van der Waals surface area (Å²) < 4.78 is 5.97. The van der Waals surface area contributed by atoms with Gasteiger partial charge in [-0.05, 0) is 19.8 Å². The average Bonchev–Trinajstić information content (AvgIpc) is 2.82. The van der Waals surface area contributed by atoms with Crippen LogP contribution in [0.4, 0.5) is 11.9 Å². The van der Waals surface area contributed by atoms with Gasteiger partial charge in [0.15, 0.2) is 5.78 Å². The van der Waals surface area contributed by atoms with E-state index < -0.39 is 23.6 Å². The molecule has 0 radical (unpaired) electrons. The number of ketones is 1. The number of Topliss-reactive ketones (excluding diaryl/α,β-unsaturated/α-hetero) is 1. The highest BCUT2D eigenvalue weighted by atomic mass is 16.5. The minimum absolute atomic E-state index is 0.0263. The molecule has 1 saturated carbocycles. The van der Waals surface area contributed by atoms with Crippen LogP contribution in [0.25, 0.3) is 0 Å². The Balaban J connectivity index is 1.98. The fourth-order valence-electron chi connectivity index (χ4n) is 2.63. The van der Waals surface area contributed by atoms with Crippen LogP contribution in [0.2, 0.25) is 0 Å². The third-order valence-electron chi connectivity index (χ3n) is 3.62. The molecule has 2 N–H and O–H groups in total. The molecule has 0 unspecified atom stereocenters. The van der Waals surface area contributed by atoms with Crippen LogP contribution in [0.5, 0.6) is 0 Å². The summed E-state index contributed by atoms with van der Waals surface area (Å²) in [5.74, 6) is -3.13. The van der Waals surface area contributed by atoms with Gasteiger partial charge in [0, 0.05) is 0 Å². The quantitative estimate of drug-likeness (QED) is 0.587. The molecule has 0 bridgehead atoms. The molecule has 0 amide bonds. The number of esters is 1. The lowest BCUT2D eigenvalue weighted by Crippen LogP contribution is -2.46. The molecule has 0 saturated heterocycles. The number of nitrogens with zero attached hydrogens (tertiary/aromatic N) is 4. The first-order chi connectivity index (χ1) is 10.0. The van der Waals surface area contributed by atoms with Gasteiger partial charge in [-0.25, -0.2) is 9.56 Å². The van der Waals surface area contributed by atoms with Gasteiger partial charge in [-0.2, -0.15) is 0 Å². The van der Waals surface area contributed by atoms with Crippen LogP contribution >= 0.6 is 0 Å². The summed E-state index contributed by atoms with van der Waals surface area (Å²) in [6.07, 6.45) is 0.592. The van der Waals surface area contributed by atoms with E-state index in [9.17, 15) is 14.4 Å². The van der Waals surface area contributed by atoms with E-state index in [2.05, 4.69) is 15.2 Å². The predicted molar refractivity (Wildman–Crippen MR) is 70.0 cm³/mol. The average molecular weight is 291 g/mol. The number of carbonyl (C=O) groups excluding carboxylic acids is 3. The highest BCUT2D eigenvalue weighted by Gasteiger charge is 2.45. The van der Waals surface area contributed by atoms with Crippen LogP contribution in [-0.4, -0.2) is 44.7 Å². The summed E-state index contributed by atoms with van der Waals surface area (Å²) in [4.78, 5) is 40.5. The molecule has 1 aromatic rings. The molecule has 2 aliphatic rings. The minimum Gasteiger partial charge on any atom is -0.465 e. The van der Waals surface area contributed by atoms with Crippen molar-refractivity contribution in [3.63, 3.8) is 0 Å². The van der Waals surface area contributed by atoms with Gasteiger partial charge in [0.2, 0.25) is 11.9 Å². The van der Waals surface area contributed by atoms with Crippen molar-refractivity contribution in [1.29, 1.82) is 0 Å². The number of nitrogens with two attached hydrogens (primary N) is 1. The van der Waals surface area contributed by atoms with Crippen molar-refractivity contribution in [2.45, 2.75) is 19.8 Å². The summed E-state index contributed by atoms with van der Waals surface area (Å²) in [7, 11) is 0. The zero-order valence-electron chi connectivity index (χ0n) is 11.3. The lowest BCUT2D eigenvalue weighted by molar-refractivity contribution is -0.151. The molecule has 9 heteroatoms. The van der Waals surface area contributed by atoms with Crippen molar-refractivity contribution >= 4 is 35.3 Å². The summed E-state index contributed by atoms with van der Waals surface area (Å²) in [5.41, 5.74) is 5.61. The van der Waals surface area contributed by atoms with Crippen molar-refractivity contribution in [1.82, 2.24) is 14.8 Å². The van der Waals surface area contributed by atoms with Crippen LogP contribution in [0.1, 0.15) is 24.6 Å². The Bertz CT molecular complexity index is 677. The Kier molecular flexibility index (Phi) is 3.04. The molecular weight excluding hydrogens is 278 g/mol. The Hall–Kier alpha value is -2.58. The van der Waals surface area contributed by atoms with Crippen LogP contribution in [0, 0.1) is 11.8 Å². The molecule has 1 aliphatic carbocycles. The highest BCUT2D eigenvalue weighted by molar-refractivity contribution is 6.48. The number of hydrogen-bond acceptors (Lipinski definition) is 8. The van der Waals surface area contributed by atoms with Gasteiger partial charge in [-0.3, -0.25) is 14.4 Å². The minimum atomic E-state index is -0.903. The number of carbonyl (C=O) groups is 3. The molecule has 110 valence electrons. The Morgan fingerprint density at radius 3 is 2.86 bits per heavy atom. The number of aliphatic imine (C=N–C) groups is 1. The summed E-state index contributed by atoms with van der Waals surface area (Å²) in [6.45, 7) is 1.86. The summed E-state index contributed by atoms with van der Waals surface area (Å²) >= 11 is 0. The Labute approximate surface area is 119 Å².